The van der Waals surface area contributed by atoms with Crippen LogP contribution >= 0.6 is 11.6 Å². The van der Waals surface area contributed by atoms with Crippen LogP contribution in [0, 0.1) is 11.6 Å². The maximum Gasteiger partial charge on any atom is 0.242 e. The Labute approximate surface area is 217 Å². The van der Waals surface area contributed by atoms with Crippen LogP contribution in [-0.4, -0.2) is 35.2 Å². The quantitative estimate of drug-likeness (QED) is 0.321. The van der Waals surface area contributed by atoms with Gasteiger partial charge in [-0.25, -0.2) is 28.7 Å². The summed E-state index contributed by atoms with van der Waals surface area (Å²) in [5, 5.41) is 2.56. The Morgan fingerprint density at radius 3 is 2.66 bits per heavy atom. The molecule has 0 fully saturated rings. The fraction of sp³-hybridized carbons (Fsp3) is 0.120. The van der Waals surface area contributed by atoms with Crippen molar-refractivity contribution in [2.24, 2.45) is 0 Å². The predicted molar refractivity (Wildman–Crippen MR) is 135 cm³/mol. The molecular formula is C25H17ClF2N8O2. The summed E-state index contributed by atoms with van der Waals surface area (Å²) in [6.07, 6.45) is 6.34. The molecule has 190 valence electrons. The van der Waals surface area contributed by atoms with Crippen LogP contribution in [0.25, 0.3) is 17.2 Å². The molecule has 4 aromatic heterocycles. The van der Waals surface area contributed by atoms with E-state index in [-0.39, 0.29) is 45.9 Å². The highest BCUT2D eigenvalue weighted by molar-refractivity contribution is 6.32. The van der Waals surface area contributed by atoms with Crippen LogP contribution in [-0.2, 0) is 16.6 Å². The average Bonchev–Trinajstić information content (AvgIpc) is 3.43. The summed E-state index contributed by atoms with van der Waals surface area (Å²) >= 11 is 6.25. The van der Waals surface area contributed by atoms with Crippen molar-refractivity contribution in [2.45, 2.75) is 18.8 Å². The number of imidazole rings is 1. The maximum absolute atomic E-state index is 13.8. The summed E-state index contributed by atoms with van der Waals surface area (Å²) in [6, 6.07) is 4.48. The first-order valence-electron chi connectivity index (χ1n) is 11.3. The molecule has 0 saturated heterocycles. The molecule has 4 N–H and O–H groups in total. The highest BCUT2D eigenvalue weighted by Gasteiger charge is 2.49. The van der Waals surface area contributed by atoms with E-state index in [0.717, 1.165) is 6.07 Å². The molecule has 6 rings (SSSR count). The fourth-order valence-electron chi connectivity index (χ4n) is 4.71. The number of fused-ring (bicyclic) bond motifs is 2. The van der Waals surface area contributed by atoms with Crippen molar-refractivity contribution in [3.63, 3.8) is 0 Å². The molecule has 0 bridgehead atoms. The van der Waals surface area contributed by atoms with E-state index in [9.17, 15) is 18.4 Å². The van der Waals surface area contributed by atoms with Gasteiger partial charge < -0.3 is 20.4 Å². The van der Waals surface area contributed by atoms with Gasteiger partial charge in [-0.2, -0.15) is 0 Å². The number of carbonyl (C=O) groups is 1. The number of aromatic nitrogens is 6. The van der Waals surface area contributed by atoms with E-state index < -0.39 is 28.4 Å². The monoisotopic (exact) mass is 534 g/mol. The van der Waals surface area contributed by atoms with Crippen LogP contribution in [0.2, 0.25) is 5.02 Å². The molecule has 1 aliphatic heterocycles. The molecule has 0 aliphatic carbocycles. The number of pyridine rings is 1. The van der Waals surface area contributed by atoms with Gasteiger partial charge in [0.15, 0.2) is 16.9 Å². The number of hydrogen-bond acceptors (Lipinski definition) is 7. The van der Waals surface area contributed by atoms with Crippen LogP contribution in [0.5, 0.6) is 0 Å². The summed E-state index contributed by atoms with van der Waals surface area (Å²) < 4.78 is 29.3. The Hall–Kier alpha value is -4.71. The van der Waals surface area contributed by atoms with E-state index >= 15 is 0 Å². The minimum Gasteiger partial charge on any atom is -0.383 e. The number of benzene rings is 1. The summed E-state index contributed by atoms with van der Waals surface area (Å²) in [5.41, 5.74) is 6.41. The summed E-state index contributed by atoms with van der Waals surface area (Å²) in [5.74, 6) is -1.69. The lowest BCUT2D eigenvalue weighted by Crippen LogP contribution is -2.35. The molecule has 1 aliphatic rings. The second-order valence-electron chi connectivity index (χ2n) is 8.95. The van der Waals surface area contributed by atoms with E-state index in [2.05, 4.69) is 30.2 Å². The number of nitrogens with zero attached hydrogens (tertiary/aromatic N) is 5. The number of H-pyrrole nitrogens is 1. The molecule has 0 unspecified atom stereocenters. The first kappa shape index (κ1) is 23.7. The van der Waals surface area contributed by atoms with E-state index in [1.807, 2.05) is 0 Å². The van der Waals surface area contributed by atoms with Gasteiger partial charge in [-0.05, 0) is 24.6 Å². The number of halogens is 3. The SMILES string of the molecule is C[C@]1(c2[nH]ccc(=O)c2Cl)C(=O)Nc2nc(-c3cn4ccnc4c(Cc4cc(F)cc(F)c4)n3)nc(N)c21. The number of hydrogen-bond donors (Lipinski definition) is 3. The third-order valence-corrected chi connectivity index (χ3v) is 6.86. The lowest BCUT2D eigenvalue weighted by molar-refractivity contribution is -0.119. The zero-order valence-corrected chi connectivity index (χ0v) is 20.3. The highest BCUT2D eigenvalue weighted by atomic mass is 35.5. The molecule has 5 aromatic rings. The second kappa shape index (κ2) is 8.42. The summed E-state index contributed by atoms with van der Waals surface area (Å²) in [4.78, 5) is 46.0. The lowest BCUT2D eigenvalue weighted by Gasteiger charge is -2.23. The Morgan fingerprint density at radius 1 is 1.13 bits per heavy atom. The van der Waals surface area contributed by atoms with Gasteiger partial charge in [-0.3, -0.25) is 9.59 Å². The van der Waals surface area contributed by atoms with Gasteiger partial charge in [0.2, 0.25) is 5.91 Å². The third kappa shape index (κ3) is 3.60. The first-order chi connectivity index (χ1) is 18.1. The molecule has 13 heteroatoms. The van der Waals surface area contributed by atoms with Gasteiger partial charge in [0.25, 0.3) is 0 Å². The van der Waals surface area contributed by atoms with Crippen LogP contribution < -0.4 is 16.5 Å². The molecule has 0 radical (unpaired) electrons. The molecule has 0 saturated carbocycles. The number of nitrogen functional groups attached to an aromatic ring is 1. The van der Waals surface area contributed by atoms with Gasteiger partial charge in [0, 0.05) is 43.3 Å². The number of amides is 1. The van der Waals surface area contributed by atoms with E-state index in [4.69, 9.17) is 17.3 Å². The van der Waals surface area contributed by atoms with Gasteiger partial charge in [-0.15, -0.1) is 0 Å². The van der Waals surface area contributed by atoms with Crippen molar-refractivity contribution in [1.82, 2.24) is 29.3 Å². The molecule has 38 heavy (non-hydrogen) atoms. The first-order valence-corrected chi connectivity index (χ1v) is 11.7. The normalized spacial score (nSPS) is 16.6. The number of nitrogens with two attached hydrogens (primary N) is 1. The minimum atomic E-state index is -1.45. The maximum atomic E-state index is 13.8. The van der Waals surface area contributed by atoms with Crippen LogP contribution in [0.4, 0.5) is 20.4 Å². The van der Waals surface area contributed by atoms with E-state index in [0.29, 0.717) is 16.9 Å². The standard InChI is InChI=1S/C25H17ClF2N8O2/c1-25(19-18(26)16(37)2-3-30-19)17-20(29)33-21(34-22(17)35-24(25)38)15-10-36-5-4-31-23(36)14(32-15)8-11-6-12(27)9-13(28)7-11/h2-7,9-10H,8H2,1H3,(H,30,37)(H3,29,33,34,35,38)/t25-/m0/s1. The van der Waals surface area contributed by atoms with Crippen molar-refractivity contribution in [3.05, 3.63) is 98.4 Å². The van der Waals surface area contributed by atoms with Crippen molar-refractivity contribution < 1.29 is 13.6 Å². The van der Waals surface area contributed by atoms with Crippen LogP contribution in [0.15, 0.2) is 53.8 Å². The Bertz CT molecular complexity index is 1830. The molecule has 5 heterocycles. The number of nitrogens with one attached hydrogen (secondary N) is 2. The third-order valence-electron chi connectivity index (χ3n) is 6.49. The molecule has 0 spiro atoms. The van der Waals surface area contributed by atoms with Crippen molar-refractivity contribution in [1.29, 1.82) is 0 Å². The zero-order valence-electron chi connectivity index (χ0n) is 19.6. The predicted octanol–water partition coefficient (Wildman–Crippen LogP) is 3.24. The fourth-order valence-corrected chi connectivity index (χ4v) is 5.02. The average molecular weight is 535 g/mol. The van der Waals surface area contributed by atoms with Gasteiger partial charge in [0.05, 0.1) is 17.0 Å². The Morgan fingerprint density at radius 2 is 1.89 bits per heavy atom. The van der Waals surface area contributed by atoms with E-state index in [1.54, 1.807) is 29.9 Å². The molecule has 1 amide bonds. The van der Waals surface area contributed by atoms with Gasteiger partial charge in [0.1, 0.15) is 39.4 Å². The molecular weight excluding hydrogens is 518 g/mol. The van der Waals surface area contributed by atoms with Gasteiger partial charge in [-0.1, -0.05) is 11.6 Å². The van der Waals surface area contributed by atoms with Crippen molar-refractivity contribution >= 4 is 34.8 Å². The number of carbonyl (C=O) groups excluding carboxylic acids is 1. The van der Waals surface area contributed by atoms with Gasteiger partial charge >= 0.3 is 0 Å². The molecule has 10 nitrogen and oxygen atoms in total. The summed E-state index contributed by atoms with van der Waals surface area (Å²) in [7, 11) is 0. The summed E-state index contributed by atoms with van der Waals surface area (Å²) in [6.45, 7) is 1.57. The van der Waals surface area contributed by atoms with Crippen molar-refractivity contribution in [3.8, 4) is 11.5 Å². The Kier molecular flexibility index (Phi) is 5.24. The number of aromatic amines is 1. The number of anilines is 2. The van der Waals surface area contributed by atoms with E-state index in [1.165, 1.54) is 24.4 Å². The van der Waals surface area contributed by atoms with Crippen LogP contribution in [0.3, 0.4) is 0 Å². The van der Waals surface area contributed by atoms with Crippen molar-refractivity contribution in [2.75, 3.05) is 11.1 Å². The largest absolute Gasteiger partial charge is 0.383 e. The highest BCUT2D eigenvalue weighted by Crippen LogP contribution is 2.45. The smallest absolute Gasteiger partial charge is 0.242 e. The zero-order chi connectivity index (χ0) is 26.8. The lowest BCUT2D eigenvalue weighted by atomic mass is 9.80. The minimum absolute atomic E-state index is 0.0205. The Balaban J connectivity index is 1.48. The molecule has 1 aromatic carbocycles. The van der Waals surface area contributed by atoms with Crippen LogP contribution in [0.1, 0.15) is 29.4 Å². The molecule has 1 atom stereocenters. The number of rotatable bonds is 4. The topological polar surface area (TPSA) is 144 Å². The second-order valence-corrected chi connectivity index (χ2v) is 9.33.